The summed E-state index contributed by atoms with van der Waals surface area (Å²) in [6, 6.07) is 5.88. The number of rotatable bonds is 4. The van der Waals surface area contributed by atoms with E-state index in [1.165, 1.54) is 19.3 Å². The summed E-state index contributed by atoms with van der Waals surface area (Å²) >= 11 is 3.91. The molecule has 0 spiro atoms. The zero-order chi connectivity index (χ0) is 18.5. The lowest BCUT2D eigenvalue weighted by molar-refractivity contribution is -0.170. The van der Waals surface area contributed by atoms with Gasteiger partial charge in [-0.25, -0.2) is 0 Å². The first-order valence-corrected chi connectivity index (χ1v) is 10.3. The quantitative estimate of drug-likeness (QED) is 0.576. The van der Waals surface area contributed by atoms with Crippen molar-refractivity contribution in [1.82, 2.24) is 0 Å². The summed E-state index contributed by atoms with van der Waals surface area (Å²) in [4.78, 5) is 25.2. The Bertz CT molecular complexity index is 725. The number of amides is 1. The fraction of sp³-hybridized carbons (Fsp3) is 0.619. The van der Waals surface area contributed by atoms with Gasteiger partial charge in [0.15, 0.2) is 6.61 Å². The molecule has 2 atom stereocenters. The van der Waals surface area contributed by atoms with Crippen molar-refractivity contribution in [2.75, 3.05) is 11.9 Å². The zero-order valence-electron chi connectivity index (χ0n) is 15.4. The van der Waals surface area contributed by atoms with E-state index in [0.717, 1.165) is 36.1 Å². The van der Waals surface area contributed by atoms with Gasteiger partial charge in [0.25, 0.3) is 5.91 Å². The van der Waals surface area contributed by atoms with E-state index < -0.39 is 0 Å². The summed E-state index contributed by atoms with van der Waals surface area (Å²) in [5, 5.41) is 2.89. The van der Waals surface area contributed by atoms with Crippen LogP contribution in [0, 0.1) is 31.1 Å². The van der Waals surface area contributed by atoms with Gasteiger partial charge in [-0.1, -0.05) is 34.1 Å². The minimum atomic E-state index is -0.382. The molecular formula is C21H26BrNO3. The van der Waals surface area contributed by atoms with E-state index in [1.807, 2.05) is 32.0 Å². The molecule has 26 heavy (non-hydrogen) atoms. The van der Waals surface area contributed by atoms with Crippen molar-refractivity contribution in [2.45, 2.75) is 56.7 Å². The van der Waals surface area contributed by atoms with Crippen LogP contribution >= 0.6 is 15.9 Å². The van der Waals surface area contributed by atoms with Crippen LogP contribution in [0.5, 0.6) is 0 Å². The Balaban J connectivity index is 1.39. The Morgan fingerprint density at radius 2 is 1.77 bits per heavy atom. The number of hydrogen-bond donors (Lipinski definition) is 1. The van der Waals surface area contributed by atoms with Gasteiger partial charge in [-0.2, -0.15) is 0 Å². The molecule has 4 nitrogen and oxygen atoms in total. The van der Waals surface area contributed by atoms with Crippen LogP contribution in [-0.2, 0) is 14.3 Å². The fourth-order valence-corrected chi connectivity index (χ4v) is 7.31. The molecule has 4 aliphatic carbocycles. The molecule has 1 amide bonds. The second kappa shape index (κ2) is 6.36. The predicted molar refractivity (Wildman–Crippen MR) is 104 cm³/mol. The molecule has 4 fully saturated rings. The first-order valence-electron chi connectivity index (χ1n) is 9.51. The highest BCUT2D eigenvalue weighted by molar-refractivity contribution is 9.10. The van der Waals surface area contributed by atoms with Crippen LogP contribution in [0.3, 0.4) is 0 Å². The Kier molecular flexibility index (Phi) is 4.41. The van der Waals surface area contributed by atoms with Gasteiger partial charge in [-0.3, -0.25) is 9.59 Å². The number of hydrogen-bond acceptors (Lipinski definition) is 3. The number of para-hydroxylation sites is 1. The van der Waals surface area contributed by atoms with E-state index in [0.29, 0.717) is 11.8 Å². The van der Waals surface area contributed by atoms with Crippen molar-refractivity contribution < 1.29 is 14.3 Å². The molecule has 2 unspecified atom stereocenters. The van der Waals surface area contributed by atoms with E-state index in [9.17, 15) is 9.59 Å². The van der Waals surface area contributed by atoms with Crippen LogP contribution in [-0.4, -0.2) is 22.8 Å². The Morgan fingerprint density at radius 3 is 2.35 bits per heavy atom. The molecule has 0 aliphatic heterocycles. The van der Waals surface area contributed by atoms with Crippen molar-refractivity contribution in [1.29, 1.82) is 0 Å². The Morgan fingerprint density at radius 1 is 1.15 bits per heavy atom. The van der Waals surface area contributed by atoms with Gasteiger partial charge < -0.3 is 10.1 Å². The van der Waals surface area contributed by atoms with Gasteiger partial charge in [0.2, 0.25) is 0 Å². The first kappa shape index (κ1) is 18.0. The smallest absolute Gasteiger partial charge is 0.312 e. The largest absolute Gasteiger partial charge is 0.455 e. The van der Waals surface area contributed by atoms with Crippen molar-refractivity contribution in [3.63, 3.8) is 0 Å². The maximum atomic E-state index is 12.9. The van der Waals surface area contributed by atoms with E-state index in [1.54, 1.807) is 0 Å². The molecule has 1 aromatic rings. The van der Waals surface area contributed by atoms with Crippen LogP contribution in [0.4, 0.5) is 5.69 Å². The number of ether oxygens (including phenoxy) is 1. The molecule has 0 radical (unpaired) electrons. The summed E-state index contributed by atoms with van der Waals surface area (Å²) in [5.74, 6) is 0.791. The molecule has 5 heteroatoms. The second-order valence-electron chi connectivity index (χ2n) is 8.78. The van der Waals surface area contributed by atoms with Crippen molar-refractivity contribution in [3.05, 3.63) is 29.3 Å². The van der Waals surface area contributed by atoms with Gasteiger partial charge in [0, 0.05) is 10.0 Å². The number of halogens is 1. The lowest BCUT2D eigenvalue weighted by Gasteiger charge is -2.58. The van der Waals surface area contributed by atoms with Crippen LogP contribution < -0.4 is 5.32 Å². The molecule has 4 aliphatic rings. The number of carbonyl (C=O) groups excluding carboxylic acids is 2. The maximum Gasteiger partial charge on any atom is 0.312 e. The minimum absolute atomic E-state index is 0.108. The summed E-state index contributed by atoms with van der Waals surface area (Å²) in [7, 11) is 0. The third-order valence-electron chi connectivity index (χ3n) is 6.50. The van der Waals surface area contributed by atoms with Crippen LogP contribution in [0.2, 0.25) is 0 Å². The third-order valence-corrected chi connectivity index (χ3v) is 7.43. The number of esters is 1. The second-order valence-corrected chi connectivity index (χ2v) is 10.5. The molecule has 4 bridgehead atoms. The third kappa shape index (κ3) is 3.19. The molecule has 0 aromatic heterocycles. The summed E-state index contributed by atoms with van der Waals surface area (Å²) in [5.41, 5.74) is 2.44. The number of anilines is 1. The lowest BCUT2D eigenvalue weighted by Crippen LogP contribution is -2.56. The van der Waals surface area contributed by atoms with Gasteiger partial charge >= 0.3 is 5.97 Å². The van der Waals surface area contributed by atoms with E-state index >= 15 is 0 Å². The summed E-state index contributed by atoms with van der Waals surface area (Å²) in [6.07, 6.45) is 6.29. The molecule has 4 saturated carbocycles. The Labute approximate surface area is 163 Å². The topological polar surface area (TPSA) is 55.4 Å². The highest BCUT2D eigenvalue weighted by Gasteiger charge is 2.60. The Hall–Kier alpha value is -1.36. The first-order chi connectivity index (χ1) is 12.3. The summed E-state index contributed by atoms with van der Waals surface area (Å²) in [6.45, 7) is 3.71. The van der Waals surface area contributed by atoms with E-state index in [2.05, 4.69) is 21.2 Å². The van der Waals surface area contributed by atoms with Crippen LogP contribution in [0.25, 0.3) is 0 Å². The molecular weight excluding hydrogens is 394 g/mol. The highest BCUT2D eigenvalue weighted by atomic mass is 79.9. The lowest BCUT2D eigenvalue weighted by atomic mass is 9.49. The SMILES string of the molecule is Cc1cccc(C)c1NC(=O)COC(=O)C12CC3CC(CC(Br)(C3)C1)C2. The predicted octanol–water partition coefficient (Wildman–Crippen LogP) is 4.52. The molecule has 0 saturated heterocycles. The number of benzene rings is 1. The van der Waals surface area contributed by atoms with Crippen molar-refractivity contribution in [2.24, 2.45) is 17.3 Å². The molecule has 5 rings (SSSR count). The maximum absolute atomic E-state index is 12.9. The number of aryl methyl sites for hydroxylation is 2. The van der Waals surface area contributed by atoms with Crippen molar-refractivity contribution >= 4 is 33.5 Å². The standard InChI is InChI=1S/C21H26BrNO3/c1-13-4-3-5-14(2)18(13)23-17(24)11-26-19(25)20-7-15-6-16(8-20)10-21(22,9-15)12-20/h3-5,15-16H,6-12H2,1-2H3,(H,23,24). The van der Waals surface area contributed by atoms with Crippen LogP contribution in [0.15, 0.2) is 18.2 Å². The number of nitrogens with one attached hydrogen (secondary N) is 1. The minimum Gasteiger partial charge on any atom is -0.455 e. The van der Waals surface area contributed by atoms with Gasteiger partial charge in [-0.15, -0.1) is 0 Å². The summed E-state index contributed by atoms with van der Waals surface area (Å²) < 4.78 is 5.62. The fourth-order valence-electron chi connectivity index (χ4n) is 5.86. The van der Waals surface area contributed by atoms with Gasteiger partial charge in [-0.05, 0) is 75.3 Å². The van der Waals surface area contributed by atoms with Crippen molar-refractivity contribution in [3.8, 4) is 0 Å². The van der Waals surface area contributed by atoms with Gasteiger partial charge in [0.05, 0.1) is 5.41 Å². The van der Waals surface area contributed by atoms with E-state index in [4.69, 9.17) is 4.74 Å². The van der Waals surface area contributed by atoms with E-state index in [-0.39, 0.29) is 28.2 Å². The average molecular weight is 420 g/mol. The van der Waals surface area contributed by atoms with Crippen LogP contribution in [0.1, 0.15) is 49.7 Å². The molecule has 1 aromatic carbocycles. The number of carbonyl (C=O) groups is 2. The average Bonchev–Trinajstić information content (AvgIpc) is 2.54. The zero-order valence-corrected chi connectivity index (χ0v) is 17.0. The molecule has 0 heterocycles. The number of alkyl halides is 1. The molecule has 140 valence electrons. The highest BCUT2D eigenvalue weighted by Crippen LogP contribution is 2.64. The molecule has 1 N–H and O–H groups in total. The normalized spacial score (nSPS) is 34.6. The monoisotopic (exact) mass is 419 g/mol. The van der Waals surface area contributed by atoms with Gasteiger partial charge in [0.1, 0.15) is 0 Å².